The highest BCUT2D eigenvalue weighted by atomic mass is 16.4. The number of hydrogen-bond acceptors (Lipinski definition) is 21. The number of aliphatic carboxylic acids is 2. The van der Waals surface area contributed by atoms with Crippen molar-refractivity contribution in [1.82, 2.24) is 83.7 Å². The van der Waals surface area contributed by atoms with E-state index in [4.69, 9.17) is 17.2 Å². The van der Waals surface area contributed by atoms with Gasteiger partial charge in [0.15, 0.2) is 5.96 Å². The average molecular weight is 1650 g/mol. The normalized spacial score (nSPS) is 15.2. The Morgan fingerprint density at radius 1 is 0.559 bits per heavy atom. The van der Waals surface area contributed by atoms with E-state index in [1.54, 1.807) is 81.6 Å². The number of H-pyrrole nitrogens is 2. The van der Waals surface area contributed by atoms with Crippen LogP contribution in [0.5, 0.6) is 5.75 Å². The Bertz CT molecular complexity index is 4260. The van der Waals surface area contributed by atoms with Crippen LogP contribution in [-0.4, -0.2) is 252 Å². The van der Waals surface area contributed by atoms with Gasteiger partial charge < -0.3 is 121 Å². The summed E-state index contributed by atoms with van der Waals surface area (Å²) in [7, 11) is 0. The fraction of sp³-hybridized carbons (Fsp3) is 0.500. The Morgan fingerprint density at radius 2 is 1.07 bits per heavy atom. The summed E-state index contributed by atoms with van der Waals surface area (Å²) >= 11 is 0. The third-order valence-electron chi connectivity index (χ3n) is 19.4. The van der Waals surface area contributed by atoms with Crippen molar-refractivity contribution in [3.63, 3.8) is 0 Å². The van der Waals surface area contributed by atoms with Crippen molar-refractivity contribution in [3.8, 4) is 5.75 Å². The zero-order chi connectivity index (χ0) is 86.5. The number of aromatic hydroxyl groups is 1. The Kier molecular flexibility index (Phi) is 38.4. The summed E-state index contributed by atoms with van der Waals surface area (Å²) in [6, 6.07) is 2.65. The molecule has 118 heavy (non-hydrogen) atoms. The van der Waals surface area contributed by atoms with Gasteiger partial charge in [0.25, 0.3) is 0 Å². The van der Waals surface area contributed by atoms with Crippen molar-refractivity contribution in [2.75, 3.05) is 39.4 Å². The molecule has 1 fully saturated rings. The molecule has 3 heterocycles. The van der Waals surface area contributed by atoms with Crippen LogP contribution < -0.4 is 81.0 Å². The summed E-state index contributed by atoms with van der Waals surface area (Å²) in [4.78, 5) is 224. The van der Waals surface area contributed by atoms with E-state index in [1.165, 1.54) is 41.7 Å². The van der Waals surface area contributed by atoms with Crippen molar-refractivity contribution in [3.05, 3.63) is 120 Å². The lowest BCUT2D eigenvalue weighted by molar-refractivity contribution is -0.145. The Balaban J connectivity index is 1.25. The van der Waals surface area contributed by atoms with Gasteiger partial charge in [-0.2, -0.15) is 0 Å². The highest BCUT2D eigenvalue weighted by molar-refractivity contribution is 6.00. The summed E-state index contributed by atoms with van der Waals surface area (Å²) in [5, 5.41) is 81.1. The van der Waals surface area contributed by atoms with Gasteiger partial charge in [0.2, 0.25) is 76.8 Å². The van der Waals surface area contributed by atoms with E-state index >= 15 is 14.4 Å². The topological polar surface area (TPSA) is 640 Å². The lowest BCUT2D eigenvalue weighted by Gasteiger charge is -2.30. The van der Waals surface area contributed by atoms with E-state index in [0.29, 0.717) is 53.3 Å². The standard InChI is InChI=1S/C78H110N20O20/c1-5-6-19-52(90-74(114)61(41-100)96-71(111)57(34-46-24-26-49(102)27-25-46)93-73(113)60(40-99)87-44(4)101)67(107)91-54(28-29-64(104)105)69(109)95-59(36-48-38-82-42-86-48)72(112)92-56(33-45-16-8-7-9-17-45)70(110)89-53(22-14-31-83-78(80)81)68(108)94-58(35-47-37-84-51-20-11-10-18-50(47)51)66(106)85-39-63(103)88-55(21-12-13-30-79)76(116)98-32-15-23-62(98)75(115)97-65(43(2)3)77(117)118/h7-11,16-18,20,24-27,37-38,42-43,52-62,65,84,99-100,102H,5-6,12-15,19,21-23,28-36,39-41,79H2,1-4H3,(H,82,86)(H,85,106)(H,87,101)(H,88,103)(H,89,110)(H,90,114)(H,91,107)(H,92,112)(H,93,113)(H,94,108)(H,95,109)(H,96,111)(H,97,115)(H,104,105)(H,117,118)(H4,80,81,83)/t52-,53-,54-,55-,56-,57-,58-,59-,60-,61-,62-,65-/m0/s1. The SMILES string of the molecule is CCCC[C@H](NC(=O)[C@H](CO)NC(=O)[C@H](Cc1ccc(O)cc1)NC(=O)[C@H](CO)NC(C)=O)C(=O)N[C@@H](CCC(=O)O)C(=O)N[C@@H](Cc1cnc[nH]1)C(=O)N[C@@H](Cc1ccccc1)C(=O)N[C@@H](CCCN=C(N)N)C(=O)N[C@@H](Cc1c[nH]c2ccccc12)C(=O)NCC(=O)N[C@@H](CCCCN)C(=O)N1CCC[C@H]1C(=O)N[C@H](C(=O)O)C(C)C. The number of aliphatic imine (C=N–C) groups is 1. The number of benzene rings is 3. The number of unbranched alkanes of at least 4 members (excludes halogenated alkanes) is 2. The first-order chi connectivity index (χ1) is 56.3. The van der Waals surface area contributed by atoms with E-state index < -0.39 is 206 Å². The van der Waals surface area contributed by atoms with Gasteiger partial charge in [0.1, 0.15) is 78.3 Å². The van der Waals surface area contributed by atoms with Crippen LogP contribution in [0, 0.1) is 5.92 Å². The smallest absolute Gasteiger partial charge is 0.326 e. The number of para-hydroxylation sites is 1. The first kappa shape index (κ1) is 94.3. The Morgan fingerprint density at radius 3 is 1.60 bits per heavy atom. The number of fused-ring (bicyclic) bond motifs is 1. The van der Waals surface area contributed by atoms with Crippen LogP contribution in [0.3, 0.4) is 0 Å². The number of carbonyl (C=O) groups excluding carboxylic acids is 13. The molecule has 1 aliphatic heterocycles. The molecule has 0 spiro atoms. The Labute approximate surface area is 680 Å². The molecule has 5 aromatic rings. The first-order valence-corrected chi connectivity index (χ1v) is 39.0. The van der Waals surface area contributed by atoms with E-state index in [0.717, 1.165) is 6.92 Å². The number of imidazole rings is 1. The number of nitrogens with one attached hydrogen (secondary N) is 14. The van der Waals surface area contributed by atoms with Gasteiger partial charge in [-0.1, -0.05) is 94.3 Å². The summed E-state index contributed by atoms with van der Waals surface area (Å²) in [5.74, 6) is -15.7. The molecule has 0 saturated carbocycles. The number of carboxylic acid groups (broad SMARTS) is 2. The minimum Gasteiger partial charge on any atom is -0.508 e. The molecule has 40 heteroatoms. The van der Waals surface area contributed by atoms with Gasteiger partial charge in [-0.25, -0.2) is 9.78 Å². The number of aliphatic hydroxyl groups is 2. The number of hydrogen-bond donors (Lipinski definition) is 22. The second-order valence-corrected chi connectivity index (χ2v) is 28.9. The number of aromatic nitrogens is 3. The van der Waals surface area contributed by atoms with Gasteiger partial charge in [-0.05, 0) is 105 Å². The second kappa shape index (κ2) is 48.1. The number of carboxylic acids is 2. The molecule has 6 rings (SSSR count). The van der Waals surface area contributed by atoms with Gasteiger partial charge in [0, 0.05) is 81.1 Å². The monoisotopic (exact) mass is 1650 g/mol. The van der Waals surface area contributed by atoms with Crippen molar-refractivity contribution >= 4 is 106 Å². The summed E-state index contributed by atoms with van der Waals surface area (Å²) in [5.41, 5.74) is 19.4. The second-order valence-electron chi connectivity index (χ2n) is 28.9. The molecule has 0 radical (unpaired) electrons. The molecular formula is C78H110N20O20. The molecule has 0 bridgehead atoms. The number of carbonyl (C=O) groups is 15. The first-order valence-electron chi connectivity index (χ1n) is 39.0. The van der Waals surface area contributed by atoms with Crippen molar-refractivity contribution in [2.45, 2.75) is 203 Å². The van der Waals surface area contributed by atoms with Crippen molar-refractivity contribution < 1.29 is 97.5 Å². The highest BCUT2D eigenvalue weighted by Gasteiger charge is 2.41. The quantitative estimate of drug-likeness (QED) is 0.0101. The summed E-state index contributed by atoms with van der Waals surface area (Å²) in [6.45, 7) is 3.68. The van der Waals surface area contributed by atoms with E-state index in [1.807, 2.05) is 0 Å². The minimum atomic E-state index is -1.83. The molecular weight excluding hydrogens is 1540 g/mol. The third-order valence-corrected chi connectivity index (χ3v) is 19.4. The van der Waals surface area contributed by atoms with Crippen LogP contribution in [0.15, 0.2) is 103 Å². The van der Waals surface area contributed by atoms with Crippen molar-refractivity contribution in [1.29, 1.82) is 0 Å². The molecule has 0 unspecified atom stereocenters. The van der Waals surface area contributed by atoms with E-state index in [9.17, 15) is 83.1 Å². The highest BCUT2D eigenvalue weighted by Crippen LogP contribution is 2.23. The minimum absolute atomic E-state index is 0.0227. The number of guanidine groups is 1. The molecule has 13 amide bonds. The van der Waals surface area contributed by atoms with E-state index in [-0.39, 0.29) is 94.8 Å². The maximum atomic E-state index is 15.2. The fourth-order valence-electron chi connectivity index (χ4n) is 13.0. The maximum Gasteiger partial charge on any atom is 0.326 e. The molecule has 1 saturated heterocycles. The lowest BCUT2D eigenvalue weighted by Crippen LogP contribution is -2.61. The molecule has 3 aromatic carbocycles. The average Bonchev–Trinajstić information content (AvgIpc) is 1.64. The van der Waals surface area contributed by atoms with Gasteiger partial charge in [0.05, 0.1) is 26.1 Å². The number of aliphatic hydroxyl groups excluding tert-OH is 2. The van der Waals surface area contributed by atoms with Crippen LogP contribution in [0.2, 0.25) is 0 Å². The van der Waals surface area contributed by atoms with Gasteiger partial charge >= 0.3 is 11.9 Å². The molecule has 25 N–H and O–H groups in total. The predicted octanol–water partition coefficient (Wildman–Crippen LogP) is -3.71. The predicted molar refractivity (Wildman–Crippen MR) is 427 cm³/mol. The van der Waals surface area contributed by atoms with Crippen molar-refractivity contribution in [2.24, 2.45) is 28.1 Å². The summed E-state index contributed by atoms with van der Waals surface area (Å²) in [6.07, 6.45) is 3.54. The zero-order valence-corrected chi connectivity index (χ0v) is 66.2. The summed E-state index contributed by atoms with van der Waals surface area (Å²) < 4.78 is 0. The number of nitrogens with two attached hydrogens (primary N) is 3. The zero-order valence-electron chi connectivity index (χ0n) is 66.2. The fourth-order valence-corrected chi connectivity index (χ4v) is 13.0. The van der Waals surface area contributed by atoms with Crippen LogP contribution in [0.1, 0.15) is 127 Å². The number of likely N-dealkylation sites (tertiary alicyclic amines) is 1. The third kappa shape index (κ3) is 30.6. The molecule has 12 atom stereocenters. The molecule has 1 aliphatic rings. The Hall–Kier alpha value is -12.6. The molecule has 0 aliphatic carbocycles. The number of phenols is 1. The number of amides is 13. The lowest BCUT2D eigenvalue weighted by atomic mass is 10.0. The van der Waals surface area contributed by atoms with Crippen LogP contribution >= 0.6 is 0 Å². The molecule has 2 aromatic heterocycles. The van der Waals surface area contributed by atoms with Gasteiger partial charge in [-0.3, -0.25) is 72.1 Å². The number of nitrogens with zero attached hydrogens (tertiary/aromatic N) is 3. The van der Waals surface area contributed by atoms with Crippen LogP contribution in [0.4, 0.5) is 0 Å². The van der Waals surface area contributed by atoms with Gasteiger partial charge in [-0.15, -0.1) is 0 Å². The number of phenolic OH excluding ortho intramolecular Hbond substituents is 1. The largest absolute Gasteiger partial charge is 0.508 e. The molecule has 40 nitrogen and oxygen atoms in total. The van der Waals surface area contributed by atoms with E-state index in [2.05, 4.69) is 83.7 Å². The molecule has 642 valence electrons. The van der Waals surface area contributed by atoms with Crippen LogP contribution in [0.25, 0.3) is 10.9 Å². The van der Waals surface area contributed by atoms with Crippen LogP contribution in [-0.2, 0) is 97.6 Å². The number of rotatable bonds is 50. The maximum absolute atomic E-state index is 15.2. The number of aromatic amines is 2.